The van der Waals surface area contributed by atoms with Gasteiger partial charge in [-0.05, 0) is 105 Å². The van der Waals surface area contributed by atoms with Crippen molar-refractivity contribution in [1.82, 2.24) is 9.97 Å². The minimum atomic E-state index is -1.10. The van der Waals surface area contributed by atoms with E-state index in [1.54, 1.807) is 63.6 Å². The zero-order valence-corrected chi connectivity index (χ0v) is 25.2. The lowest BCUT2D eigenvalue weighted by Crippen LogP contribution is -2.30. The molecule has 1 unspecified atom stereocenters. The van der Waals surface area contributed by atoms with Crippen LogP contribution in [0.15, 0.2) is 91.0 Å². The first kappa shape index (κ1) is 30.7. The molecule has 0 aliphatic heterocycles. The van der Waals surface area contributed by atoms with Crippen molar-refractivity contribution in [2.24, 2.45) is 0 Å². The third-order valence-electron chi connectivity index (χ3n) is 6.94. The summed E-state index contributed by atoms with van der Waals surface area (Å²) < 4.78 is 21.1. The molecule has 0 bridgehead atoms. The maximum absolute atomic E-state index is 13.1. The monoisotopic (exact) mass is 605 g/mol. The Labute approximate surface area is 259 Å². The van der Waals surface area contributed by atoms with Gasteiger partial charge in [0.2, 0.25) is 0 Å². The highest BCUT2D eigenvalue weighted by atomic mass is 16.5. The van der Waals surface area contributed by atoms with E-state index in [0.29, 0.717) is 39.4 Å². The Balaban J connectivity index is 1.38. The quantitative estimate of drug-likeness (QED) is 0.181. The van der Waals surface area contributed by atoms with Gasteiger partial charge < -0.3 is 24.3 Å². The summed E-state index contributed by atoms with van der Waals surface area (Å²) >= 11 is 0. The lowest BCUT2D eigenvalue weighted by molar-refractivity contribution is -0.123. The Kier molecular flexibility index (Phi) is 9.33. The number of aromatic nitrogens is 2. The van der Waals surface area contributed by atoms with E-state index in [9.17, 15) is 14.4 Å². The molecule has 4 aromatic carbocycles. The van der Waals surface area contributed by atoms with E-state index in [0.717, 1.165) is 16.9 Å². The lowest BCUT2D eigenvalue weighted by Gasteiger charge is -2.15. The van der Waals surface area contributed by atoms with Gasteiger partial charge in [-0.2, -0.15) is 0 Å². The van der Waals surface area contributed by atoms with Crippen LogP contribution >= 0.6 is 0 Å². The fourth-order valence-electron chi connectivity index (χ4n) is 4.51. The molecule has 228 valence electrons. The van der Waals surface area contributed by atoms with Crippen LogP contribution in [0.2, 0.25) is 0 Å². The predicted octanol–water partition coefficient (Wildman–Crippen LogP) is 6.34. The van der Waals surface area contributed by atoms with E-state index in [1.165, 1.54) is 6.92 Å². The van der Waals surface area contributed by atoms with Crippen LogP contribution in [0.25, 0.3) is 33.5 Å². The maximum Gasteiger partial charge on any atom is 0.338 e. The summed E-state index contributed by atoms with van der Waals surface area (Å²) in [4.78, 5) is 47.5. The molecule has 1 amide bonds. The number of hydrogen-bond acceptors (Lipinski definition) is 9. The third kappa shape index (κ3) is 7.07. The second-order valence-corrected chi connectivity index (χ2v) is 9.92. The van der Waals surface area contributed by atoms with Crippen molar-refractivity contribution in [2.75, 3.05) is 26.1 Å². The fraction of sp³-hybridized carbons (Fsp3) is 0.171. The van der Waals surface area contributed by atoms with Gasteiger partial charge in [0.05, 0.1) is 54.4 Å². The molecule has 1 heterocycles. The average Bonchev–Trinajstić information content (AvgIpc) is 3.07. The zero-order valence-electron chi connectivity index (χ0n) is 25.2. The highest BCUT2D eigenvalue weighted by Gasteiger charge is 2.21. The molecule has 0 aliphatic carbocycles. The zero-order chi connectivity index (χ0) is 31.9. The normalized spacial score (nSPS) is 11.4. The number of benzene rings is 4. The molecule has 5 aromatic rings. The molecule has 10 heteroatoms. The summed E-state index contributed by atoms with van der Waals surface area (Å²) in [5.41, 5.74) is 5.00. The molecular weight excluding hydrogens is 574 g/mol. The standard InChI is InChI=1S/C35H31N3O7/c1-5-44-34(40)24-6-13-26(14-7-24)36-33(39)21(2)45-35(41)25-12-19-29-30(20-25)38-32(23-10-17-28(43-4)18-11-23)31(37-29)22-8-15-27(42-3)16-9-22/h6-21H,5H2,1-4H3,(H,36,39). The van der Waals surface area contributed by atoms with Gasteiger partial charge in [-0.15, -0.1) is 0 Å². The van der Waals surface area contributed by atoms with Crippen LogP contribution in [0.5, 0.6) is 11.5 Å². The summed E-state index contributed by atoms with van der Waals surface area (Å²) in [7, 11) is 3.21. The van der Waals surface area contributed by atoms with Crippen LogP contribution in [-0.2, 0) is 14.3 Å². The Bertz CT molecular complexity index is 1840. The van der Waals surface area contributed by atoms with Crippen molar-refractivity contribution >= 4 is 34.6 Å². The summed E-state index contributed by atoms with van der Waals surface area (Å²) in [6.07, 6.45) is -1.10. The first-order valence-electron chi connectivity index (χ1n) is 14.2. The Morgan fingerprint density at radius 1 is 0.689 bits per heavy atom. The van der Waals surface area contributed by atoms with Gasteiger partial charge in [-0.3, -0.25) is 4.79 Å². The smallest absolute Gasteiger partial charge is 0.338 e. The summed E-state index contributed by atoms with van der Waals surface area (Å²) in [5.74, 6) is -0.249. The van der Waals surface area contributed by atoms with Crippen molar-refractivity contribution in [3.63, 3.8) is 0 Å². The van der Waals surface area contributed by atoms with Crippen LogP contribution in [0.4, 0.5) is 5.69 Å². The number of esters is 2. The van der Waals surface area contributed by atoms with Gasteiger partial charge in [0, 0.05) is 16.8 Å². The number of carbonyl (C=O) groups excluding carboxylic acids is 3. The molecule has 0 spiro atoms. The number of anilines is 1. The Morgan fingerprint density at radius 3 is 1.76 bits per heavy atom. The first-order valence-corrected chi connectivity index (χ1v) is 14.2. The fourth-order valence-corrected chi connectivity index (χ4v) is 4.51. The topological polar surface area (TPSA) is 126 Å². The van der Waals surface area contributed by atoms with Gasteiger partial charge in [0.1, 0.15) is 11.5 Å². The number of methoxy groups -OCH3 is 2. The molecule has 5 rings (SSSR count). The third-order valence-corrected chi connectivity index (χ3v) is 6.94. The largest absolute Gasteiger partial charge is 0.497 e. The first-order chi connectivity index (χ1) is 21.8. The summed E-state index contributed by atoms with van der Waals surface area (Å²) in [5, 5.41) is 2.68. The highest BCUT2D eigenvalue weighted by Crippen LogP contribution is 2.33. The molecule has 45 heavy (non-hydrogen) atoms. The molecule has 1 N–H and O–H groups in total. The predicted molar refractivity (Wildman–Crippen MR) is 169 cm³/mol. The van der Waals surface area contributed by atoms with Crippen LogP contribution in [0, 0.1) is 0 Å². The van der Waals surface area contributed by atoms with E-state index in [2.05, 4.69) is 5.32 Å². The highest BCUT2D eigenvalue weighted by molar-refractivity contribution is 5.99. The Morgan fingerprint density at radius 2 is 1.22 bits per heavy atom. The van der Waals surface area contributed by atoms with E-state index >= 15 is 0 Å². The SMILES string of the molecule is CCOC(=O)c1ccc(NC(=O)C(C)OC(=O)c2ccc3nc(-c4ccc(OC)cc4)c(-c4ccc(OC)cc4)nc3c2)cc1. The number of amides is 1. The summed E-state index contributed by atoms with van der Waals surface area (Å²) in [6.45, 7) is 3.46. The van der Waals surface area contributed by atoms with Crippen molar-refractivity contribution in [1.29, 1.82) is 0 Å². The van der Waals surface area contributed by atoms with E-state index < -0.39 is 23.9 Å². The number of nitrogens with zero attached hydrogens (tertiary/aromatic N) is 2. The number of carbonyl (C=O) groups is 3. The molecule has 1 atom stereocenters. The van der Waals surface area contributed by atoms with Gasteiger partial charge in [0.25, 0.3) is 5.91 Å². The van der Waals surface area contributed by atoms with E-state index in [4.69, 9.17) is 28.9 Å². The number of ether oxygens (including phenoxy) is 4. The number of rotatable bonds is 10. The average molecular weight is 606 g/mol. The van der Waals surface area contributed by atoms with Crippen molar-refractivity contribution in [3.8, 4) is 34.0 Å². The molecule has 0 radical (unpaired) electrons. The van der Waals surface area contributed by atoms with Crippen molar-refractivity contribution < 1.29 is 33.3 Å². The minimum absolute atomic E-state index is 0.216. The second kappa shape index (κ2) is 13.7. The van der Waals surface area contributed by atoms with Gasteiger partial charge in [0.15, 0.2) is 6.10 Å². The van der Waals surface area contributed by atoms with E-state index in [-0.39, 0.29) is 12.2 Å². The number of nitrogens with one attached hydrogen (secondary N) is 1. The van der Waals surface area contributed by atoms with Gasteiger partial charge in [-0.25, -0.2) is 19.6 Å². The molecule has 0 fully saturated rings. The molecule has 0 saturated carbocycles. The van der Waals surface area contributed by atoms with Crippen molar-refractivity contribution in [3.05, 3.63) is 102 Å². The van der Waals surface area contributed by atoms with Crippen LogP contribution < -0.4 is 14.8 Å². The lowest BCUT2D eigenvalue weighted by atomic mass is 10.0. The van der Waals surface area contributed by atoms with Crippen LogP contribution in [0.3, 0.4) is 0 Å². The minimum Gasteiger partial charge on any atom is -0.497 e. The van der Waals surface area contributed by atoms with E-state index in [1.807, 2.05) is 48.5 Å². The molecular formula is C35H31N3O7. The Hall–Kier alpha value is -5.77. The number of hydrogen-bond donors (Lipinski definition) is 1. The summed E-state index contributed by atoms with van der Waals surface area (Å²) in [6, 6.07) is 26.1. The molecule has 1 aromatic heterocycles. The van der Waals surface area contributed by atoms with Gasteiger partial charge >= 0.3 is 11.9 Å². The maximum atomic E-state index is 13.1. The van der Waals surface area contributed by atoms with Crippen LogP contribution in [0.1, 0.15) is 34.6 Å². The number of fused-ring (bicyclic) bond motifs is 1. The second-order valence-electron chi connectivity index (χ2n) is 9.92. The van der Waals surface area contributed by atoms with Crippen LogP contribution in [-0.4, -0.2) is 54.7 Å². The molecule has 10 nitrogen and oxygen atoms in total. The van der Waals surface area contributed by atoms with Gasteiger partial charge in [-0.1, -0.05) is 0 Å². The molecule has 0 saturated heterocycles. The molecule has 0 aliphatic rings. The van der Waals surface area contributed by atoms with Crippen molar-refractivity contribution in [2.45, 2.75) is 20.0 Å².